The summed E-state index contributed by atoms with van der Waals surface area (Å²) in [5.74, 6) is 0.442. The van der Waals surface area contributed by atoms with Crippen molar-refractivity contribution in [2.75, 3.05) is 21.2 Å². The lowest BCUT2D eigenvalue weighted by atomic mass is 10.0. The van der Waals surface area contributed by atoms with E-state index in [0.717, 1.165) is 22.4 Å². The highest BCUT2D eigenvalue weighted by Gasteiger charge is 2.14. The first-order valence-corrected chi connectivity index (χ1v) is 7.75. The minimum atomic E-state index is -0.360. The van der Waals surface area contributed by atoms with E-state index < -0.39 is 0 Å². The Morgan fingerprint density at radius 2 is 1.83 bits per heavy atom. The number of hydrogen-bond donors (Lipinski definition) is 0. The third-order valence-corrected chi connectivity index (χ3v) is 3.52. The van der Waals surface area contributed by atoms with Crippen LogP contribution in [-0.2, 0) is 16.1 Å². The molecule has 0 aliphatic carbocycles. The Balaban J connectivity index is 2.20. The van der Waals surface area contributed by atoms with E-state index in [1.165, 1.54) is 7.11 Å². The molecule has 0 aliphatic heterocycles. The summed E-state index contributed by atoms with van der Waals surface area (Å²) in [5, 5.41) is 0. The number of carbonyl (C=O) groups excluding carboxylic acids is 1. The van der Waals surface area contributed by atoms with Crippen LogP contribution in [0, 0.1) is 6.92 Å². The molecule has 0 bridgehead atoms. The van der Waals surface area contributed by atoms with E-state index in [1.807, 2.05) is 74.4 Å². The molecule has 2 aromatic carbocycles. The fourth-order valence-corrected chi connectivity index (χ4v) is 2.33. The summed E-state index contributed by atoms with van der Waals surface area (Å²) in [7, 11) is 5.12. The number of carbonyl (C=O) groups is 1. The van der Waals surface area contributed by atoms with Crippen molar-refractivity contribution in [3.05, 3.63) is 71.4 Å². The van der Waals surface area contributed by atoms with Crippen LogP contribution in [0.3, 0.4) is 0 Å². The van der Waals surface area contributed by atoms with E-state index in [1.54, 1.807) is 6.20 Å². The monoisotopic (exact) mass is 325 g/mol. The Labute approximate surface area is 143 Å². The molecular formula is C20H23NO3. The molecule has 4 heteroatoms. The van der Waals surface area contributed by atoms with Gasteiger partial charge >= 0.3 is 5.97 Å². The van der Waals surface area contributed by atoms with Crippen molar-refractivity contribution in [1.82, 2.24) is 4.90 Å². The van der Waals surface area contributed by atoms with Crippen LogP contribution >= 0.6 is 0 Å². The van der Waals surface area contributed by atoms with Gasteiger partial charge in [0.05, 0.1) is 12.7 Å². The maximum atomic E-state index is 12.0. The lowest BCUT2D eigenvalue weighted by Gasteiger charge is -2.14. The summed E-state index contributed by atoms with van der Waals surface area (Å²) < 4.78 is 10.8. The fraction of sp³-hybridized carbons (Fsp3) is 0.250. The van der Waals surface area contributed by atoms with Crippen molar-refractivity contribution < 1.29 is 14.3 Å². The van der Waals surface area contributed by atoms with Crippen molar-refractivity contribution in [2.45, 2.75) is 13.5 Å². The number of ether oxygens (including phenoxy) is 2. The van der Waals surface area contributed by atoms with Crippen molar-refractivity contribution in [3.8, 4) is 5.75 Å². The average Bonchev–Trinajstić information content (AvgIpc) is 2.58. The normalized spacial score (nSPS) is 11.1. The zero-order valence-corrected chi connectivity index (χ0v) is 14.6. The molecule has 0 aromatic heterocycles. The maximum Gasteiger partial charge on any atom is 0.339 e. The van der Waals surface area contributed by atoms with E-state index >= 15 is 0 Å². The molecule has 0 saturated carbocycles. The summed E-state index contributed by atoms with van der Waals surface area (Å²) in [6.07, 6.45) is 1.76. The van der Waals surface area contributed by atoms with Crippen LogP contribution in [0.25, 0.3) is 5.57 Å². The maximum absolute atomic E-state index is 12.0. The van der Waals surface area contributed by atoms with Crippen molar-refractivity contribution in [3.63, 3.8) is 0 Å². The highest BCUT2D eigenvalue weighted by Crippen LogP contribution is 2.25. The van der Waals surface area contributed by atoms with Gasteiger partial charge in [0.1, 0.15) is 12.4 Å². The lowest BCUT2D eigenvalue weighted by molar-refractivity contribution is -0.133. The second-order valence-electron chi connectivity index (χ2n) is 5.75. The number of esters is 1. The highest BCUT2D eigenvalue weighted by atomic mass is 16.5. The smallest absolute Gasteiger partial charge is 0.339 e. The van der Waals surface area contributed by atoms with E-state index in [0.29, 0.717) is 12.2 Å². The average molecular weight is 325 g/mol. The Morgan fingerprint density at radius 1 is 1.12 bits per heavy atom. The van der Waals surface area contributed by atoms with Gasteiger partial charge in [-0.3, -0.25) is 0 Å². The second kappa shape index (κ2) is 8.20. The molecule has 0 heterocycles. The van der Waals surface area contributed by atoms with Gasteiger partial charge in [-0.15, -0.1) is 0 Å². The van der Waals surface area contributed by atoms with Gasteiger partial charge in [-0.25, -0.2) is 4.79 Å². The minimum Gasteiger partial charge on any atom is -0.489 e. The first-order chi connectivity index (χ1) is 11.5. The number of rotatable bonds is 6. The minimum absolute atomic E-state index is 0.360. The zero-order valence-electron chi connectivity index (χ0n) is 14.6. The summed E-state index contributed by atoms with van der Waals surface area (Å²) in [5.41, 5.74) is 3.40. The molecule has 0 aliphatic rings. The van der Waals surface area contributed by atoms with E-state index in [4.69, 9.17) is 9.47 Å². The van der Waals surface area contributed by atoms with Crippen LogP contribution in [0.1, 0.15) is 16.7 Å². The summed E-state index contributed by atoms with van der Waals surface area (Å²) in [6.45, 7) is 2.48. The van der Waals surface area contributed by atoms with Crippen molar-refractivity contribution in [2.24, 2.45) is 0 Å². The molecule has 0 radical (unpaired) electrons. The van der Waals surface area contributed by atoms with Gasteiger partial charge in [0.25, 0.3) is 0 Å². The molecule has 0 N–H and O–H groups in total. The summed E-state index contributed by atoms with van der Waals surface area (Å²) in [6, 6.07) is 15.7. The molecule has 2 aromatic rings. The second-order valence-corrected chi connectivity index (χ2v) is 5.75. The summed E-state index contributed by atoms with van der Waals surface area (Å²) >= 11 is 0. The van der Waals surface area contributed by atoms with E-state index in [9.17, 15) is 4.79 Å². The molecular weight excluding hydrogens is 302 g/mol. The third-order valence-electron chi connectivity index (χ3n) is 3.52. The number of aryl methyl sites for hydroxylation is 1. The van der Waals surface area contributed by atoms with Crippen LogP contribution < -0.4 is 4.74 Å². The standard InChI is InChI=1S/C20H23NO3/c1-15-12-17(18(13-21(2)3)20(22)23-4)10-11-19(15)24-14-16-8-6-5-7-9-16/h5-13H,14H2,1-4H3/b18-13-. The zero-order chi connectivity index (χ0) is 17.5. The number of nitrogens with zero attached hydrogens (tertiary/aromatic N) is 1. The first kappa shape index (κ1) is 17.6. The van der Waals surface area contributed by atoms with E-state index in [2.05, 4.69) is 0 Å². The first-order valence-electron chi connectivity index (χ1n) is 7.75. The predicted octanol–water partition coefficient (Wildman–Crippen LogP) is 3.65. The van der Waals surface area contributed by atoms with Gasteiger partial charge in [0.15, 0.2) is 0 Å². The third kappa shape index (κ3) is 4.62. The van der Waals surface area contributed by atoms with Crippen molar-refractivity contribution >= 4 is 11.5 Å². The van der Waals surface area contributed by atoms with Gasteiger partial charge < -0.3 is 14.4 Å². The van der Waals surface area contributed by atoms with Crippen LogP contribution in [0.2, 0.25) is 0 Å². The largest absolute Gasteiger partial charge is 0.489 e. The van der Waals surface area contributed by atoms with Gasteiger partial charge in [0, 0.05) is 20.3 Å². The molecule has 2 rings (SSSR count). The highest BCUT2D eigenvalue weighted by molar-refractivity contribution is 6.16. The predicted molar refractivity (Wildman–Crippen MR) is 95.6 cm³/mol. The SMILES string of the molecule is COC(=O)/C(=C\N(C)C)c1ccc(OCc2ccccc2)c(C)c1. The number of benzene rings is 2. The molecule has 0 amide bonds. The Morgan fingerprint density at radius 3 is 2.42 bits per heavy atom. The van der Waals surface area contributed by atoms with Gasteiger partial charge in [-0.1, -0.05) is 36.4 Å². The Kier molecular flexibility index (Phi) is 6.01. The van der Waals surface area contributed by atoms with Gasteiger partial charge in [-0.05, 0) is 35.7 Å². The lowest BCUT2D eigenvalue weighted by Crippen LogP contribution is -2.10. The molecule has 0 atom stereocenters. The van der Waals surface area contributed by atoms with E-state index in [-0.39, 0.29) is 5.97 Å². The Hall–Kier alpha value is -2.75. The summed E-state index contributed by atoms with van der Waals surface area (Å²) in [4.78, 5) is 13.8. The Bertz CT molecular complexity index is 721. The molecule has 0 fully saturated rings. The molecule has 0 spiro atoms. The number of methoxy groups -OCH3 is 1. The van der Waals surface area contributed by atoms with Crippen LogP contribution in [0.4, 0.5) is 0 Å². The van der Waals surface area contributed by atoms with Crippen molar-refractivity contribution in [1.29, 1.82) is 0 Å². The molecule has 0 unspecified atom stereocenters. The molecule has 0 saturated heterocycles. The molecule has 4 nitrogen and oxygen atoms in total. The van der Waals surface area contributed by atoms with Gasteiger partial charge in [-0.2, -0.15) is 0 Å². The molecule has 126 valence electrons. The topological polar surface area (TPSA) is 38.8 Å². The molecule has 24 heavy (non-hydrogen) atoms. The van der Waals surface area contributed by atoms with Crippen LogP contribution in [-0.4, -0.2) is 32.1 Å². The van der Waals surface area contributed by atoms with Crippen LogP contribution in [0.5, 0.6) is 5.75 Å². The fourth-order valence-electron chi connectivity index (χ4n) is 2.33. The van der Waals surface area contributed by atoms with Gasteiger partial charge in [0.2, 0.25) is 0 Å². The van der Waals surface area contributed by atoms with Crippen LogP contribution in [0.15, 0.2) is 54.7 Å². The number of hydrogen-bond acceptors (Lipinski definition) is 4. The quantitative estimate of drug-likeness (QED) is 0.600.